The van der Waals surface area contributed by atoms with Crippen molar-refractivity contribution in [2.75, 3.05) is 5.32 Å². The Morgan fingerprint density at radius 1 is 1.12 bits per heavy atom. The van der Waals surface area contributed by atoms with Crippen LogP contribution in [0.25, 0.3) is 11.8 Å². The molecule has 0 unspecified atom stereocenters. The summed E-state index contributed by atoms with van der Waals surface area (Å²) in [6.45, 7) is 4.12. The first-order valence-electron chi connectivity index (χ1n) is 8.36. The van der Waals surface area contributed by atoms with Crippen LogP contribution in [0.2, 0.25) is 0 Å². The van der Waals surface area contributed by atoms with Gasteiger partial charge in [0.1, 0.15) is 0 Å². The van der Waals surface area contributed by atoms with Crippen LogP contribution in [-0.4, -0.2) is 15.7 Å². The number of nitrogens with zero attached hydrogens (tertiary/aromatic N) is 2. The summed E-state index contributed by atoms with van der Waals surface area (Å²) < 4.78 is 1.88. The molecule has 126 valence electrons. The van der Waals surface area contributed by atoms with E-state index in [2.05, 4.69) is 36.4 Å². The van der Waals surface area contributed by atoms with Crippen molar-refractivity contribution in [3.63, 3.8) is 0 Å². The van der Waals surface area contributed by atoms with Crippen molar-refractivity contribution in [2.45, 2.75) is 20.3 Å². The number of rotatable bonds is 5. The molecule has 0 atom stereocenters. The molecule has 0 radical (unpaired) electrons. The van der Waals surface area contributed by atoms with E-state index in [1.807, 2.05) is 53.2 Å². The molecule has 1 aromatic heterocycles. The van der Waals surface area contributed by atoms with Crippen molar-refractivity contribution < 1.29 is 4.79 Å². The number of aryl methyl sites for hydroxylation is 2. The molecular weight excluding hydrogens is 310 g/mol. The van der Waals surface area contributed by atoms with E-state index in [-0.39, 0.29) is 5.91 Å². The highest BCUT2D eigenvalue weighted by molar-refractivity contribution is 6.01. The minimum atomic E-state index is -0.194. The topological polar surface area (TPSA) is 46.9 Å². The number of carbonyl (C=O) groups excluding carboxylic acids is 1. The Kier molecular flexibility index (Phi) is 5.09. The average Bonchev–Trinajstić information content (AvgIpc) is 3.04. The third-order valence-electron chi connectivity index (χ3n) is 3.87. The van der Waals surface area contributed by atoms with Crippen LogP contribution in [0, 0.1) is 6.92 Å². The summed E-state index contributed by atoms with van der Waals surface area (Å²) in [7, 11) is 0. The molecule has 25 heavy (non-hydrogen) atoms. The molecule has 0 aliphatic carbocycles. The lowest BCUT2D eigenvalue weighted by Crippen LogP contribution is -2.09. The SMILES string of the molecule is CCc1cc(NC(=O)/C=C/c2ccccc2)nn1-c1cccc(C)c1. The molecule has 4 nitrogen and oxygen atoms in total. The first-order valence-corrected chi connectivity index (χ1v) is 8.36. The van der Waals surface area contributed by atoms with Crippen molar-refractivity contribution in [3.05, 3.63) is 83.6 Å². The summed E-state index contributed by atoms with van der Waals surface area (Å²) in [5.74, 6) is 0.362. The van der Waals surface area contributed by atoms with Gasteiger partial charge in [-0.3, -0.25) is 4.79 Å². The number of benzene rings is 2. The lowest BCUT2D eigenvalue weighted by atomic mass is 10.2. The van der Waals surface area contributed by atoms with E-state index in [0.717, 1.165) is 23.4 Å². The first-order chi connectivity index (χ1) is 12.2. The van der Waals surface area contributed by atoms with Gasteiger partial charge in [-0.2, -0.15) is 0 Å². The van der Waals surface area contributed by atoms with Gasteiger partial charge in [-0.25, -0.2) is 4.68 Å². The van der Waals surface area contributed by atoms with Crippen LogP contribution in [0.4, 0.5) is 5.82 Å². The van der Waals surface area contributed by atoms with Gasteiger partial charge in [-0.1, -0.05) is 49.4 Å². The van der Waals surface area contributed by atoms with Crippen LogP contribution >= 0.6 is 0 Å². The number of hydrogen-bond acceptors (Lipinski definition) is 2. The van der Waals surface area contributed by atoms with Gasteiger partial charge in [-0.05, 0) is 42.7 Å². The maximum absolute atomic E-state index is 12.1. The van der Waals surface area contributed by atoms with Gasteiger partial charge in [0.25, 0.3) is 0 Å². The number of aromatic nitrogens is 2. The molecule has 2 aromatic carbocycles. The second-order valence-corrected chi connectivity index (χ2v) is 5.86. The van der Waals surface area contributed by atoms with E-state index in [1.54, 1.807) is 6.08 Å². The van der Waals surface area contributed by atoms with Crippen molar-refractivity contribution >= 4 is 17.8 Å². The van der Waals surface area contributed by atoms with Crippen molar-refractivity contribution in [1.29, 1.82) is 0 Å². The molecule has 0 aliphatic heterocycles. The van der Waals surface area contributed by atoms with E-state index in [0.29, 0.717) is 5.82 Å². The molecule has 0 aliphatic rings. The molecule has 0 spiro atoms. The Labute approximate surface area is 147 Å². The van der Waals surface area contributed by atoms with E-state index < -0.39 is 0 Å². The standard InChI is InChI=1S/C21H21N3O/c1-3-18-15-20(23-24(18)19-11-7-8-16(2)14-19)22-21(25)13-12-17-9-5-4-6-10-17/h4-15H,3H2,1-2H3,(H,22,23,25)/b13-12+. The highest BCUT2D eigenvalue weighted by Crippen LogP contribution is 2.17. The van der Waals surface area contributed by atoms with Gasteiger partial charge in [0, 0.05) is 17.8 Å². The molecule has 1 heterocycles. The summed E-state index contributed by atoms with van der Waals surface area (Å²) in [4.78, 5) is 12.1. The third kappa shape index (κ3) is 4.23. The van der Waals surface area contributed by atoms with Crippen LogP contribution in [0.5, 0.6) is 0 Å². The number of anilines is 1. The second kappa shape index (κ2) is 7.62. The zero-order chi connectivity index (χ0) is 17.6. The van der Waals surface area contributed by atoms with Crippen molar-refractivity contribution in [1.82, 2.24) is 9.78 Å². The number of nitrogens with one attached hydrogen (secondary N) is 1. The van der Waals surface area contributed by atoms with Gasteiger partial charge in [0.2, 0.25) is 5.91 Å². The number of amides is 1. The van der Waals surface area contributed by atoms with Gasteiger partial charge in [0.15, 0.2) is 5.82 Å². The third-order valence-corrected chi connectivity index (χ3v) is 3.87. The lowest BCUT2D eigenvalue weighted by Gasteiger charge is -2.06. The fraction of sp³-hybridized carbons (Fsp3) is 0.143. The summed E-state index contributed by atoms with van der Waals surface area (Å²) in [5.41, 5.74) is 4.20. The highest BCUT2D eigenvalue weighted by Gasteiger charge is 2.10. The fourth-order valence-electron chi connectivity index (χ4n) is 2.62. The monoisotopic (exact) mass is 331 g/mol. The minimum absolute atomic E-state index is 0.194. The highest BCUT2D eigenvalue weighted by atomic mass is 16.1. The Balaban J connectivity index is 1.77. The van der Waals surface area contributed by atoms with Crippen molar-refractivity contribution in [2.24, 2.45) is 0 Å². The van der Waals surface area contributed by atoms with Crippen LogP contribution < -0.4 is 5.32 Å². The van der Waals surface area contributed by atoms with Gasteiger partial charge >= 0.3 is 0 Å². The largest absolute Gasteiger partial charge is 0.306 e. The fourth-order valence-corrected chi connectivity index (χ4v) is 2.62. The molecular formula is C21H21N3O. The number of carbonyl (C=O) groups is 1. The van der Waals surface area contributed by atoms with E-state index in [1.165, 1.54) is 11.6 Å². The van der Waals surface area contributed by atoms with Crippen LogP contribution in [0.3, 0.4) is 0 Å². The average molecular weight is 331 g/mol. The Hall–Kier alpha value is -3.14. The van der Waals surface area contributed by atoms with Crippen LogP contribution in [0.15, 0.2) is 66.7 Å². The molecule has 0 fully saturated rings. The smallest absolute Gasteiger partial charge is 0.249 e. The maximum Gasteiger partial charge on any atom is 0.249 e. The lowest BCUT2D eigenvalue weighted by molar-refractivity contribution is -0.111. The zero-order valence-corrected chi connectivity index (χ0v) is 14.4. The van der Waals surface area contributed by atoms with Gasteiger partial charge in [0.05, 0.1) is 5.69 Å². The molecule has 1 N–H and O–H groups in total. The van der Waals surface area contributed by atoms with Gasteiger partial charge < -0.3 is 5.32 Å². The normalized spacial score (nSPS) is 11.0. The maximum atomic E-state index is 12.1. The predicted octanol–water partition coefficient (Wildman–Crippen LogP) is 4.40. The summed E-state index contributed by atoms with van der Waals surface area (Å²) >= 11 is 0. The Morgan fingerprint density at radius 3 is 2.64 bits per heavy atom. The molecule has 1 amide bonds. The summed E-state index contributed by atoms with van der Waals surface area (Å²) in [6.07, 6.45) is 4.14. The van der Waals surface area contributed by atoms with Crippen LogP contribution in [-0.2, 0) is 11.2 Å². The first kappa shape index (κ1) is 16.7. The predicted molar refractivity (Wildman–Crippen MR) is 102 cm³/mol. The van der Waals surface area contributed by atoms with E-state index in [9.17, 15) is 4.79 Å². The minimum Gasteiger partial charge on any atom is -0.306 e. The molecule has 3 rings (SSSR count). The molecule has 3 aromatic rings. The Bertz CT molecular complexity index is 895. The molecule has 0 saturated carbocycles. The second-order valence-electron chi connectivity index (χ2n) is 5.86. The summed E-state index contributed by atoms with van der Waals surface area (Å²) in [5, 5.41) is 7.37. The Morgan fingerprint density at radius 2 is 1.92 bits per heavy atom. The molecule has 4 heteroatoms. The van der Waals surface area contributed by atoms with Gasteiger partial charge in [-0.15, -0.1) is 5.10 Å². The summed E-state index contributed by atoms with van der Waals surface area (Å²) in [6, 6.07) is 19.8. The molecule has 0 saturated heterocycles. The number of hydrogen-bond donors (Lipinski definition) is 1. The van der Waals surface area contributed by atoms with E-state index >= 15 is 0 Å². The molecule has 0 bridgehead atoms. The van der Waals surface area contributed by atoms with E-state index in [4.69, 9.17) is 0 Å². The quantitative estimate of drug-likeness (QED) is 0.705. The zero-order valence-electron chi connectivity index (χ0n) is 14.4. The van der Waals surface area contributed by atoms with Crippen molar-refractivity contribution in [3.8, 4) is 5.69 Å². The van der Waals surface area contributed by atoms with Crippen LogP contribution in [0.1, 0.15) is 23.7 Å².